The Morgan fingerprint density at radius 2 is 1.80 bits per heavy atom. The maximum Gasteiger partial charge on any atom is 0.331 e. The molecule has 0 radical (unpaired) electrons. The number of methoxy groups -OCH3 is 1. The van der Waals surface area contributed by atoms with Crippen LogP contribution in [-0.4, -0.2) is 54.8 Å². The Kier molecular flexibility index (Phi) is 8.18. The number of ether oxygens (including phenoxy) is 1. The number of primary amides is 1. The van der Waals surface area contributed by atoms with Crippen LogP contribution in [0.2, 0.25) is 5.02 Å². The van der Waals surface area contributed by atoms with Crippen LogP contribution in [0.25, 0.3) is 0 Å². The predicted octanol–water partition coefficient (Wildman–Crippen LogP) is 2.12. The third-order valence-corrected chi connectivity index (χ3v) is 4.19. The van der Waals surface area contributed by atoms with Gasteiger partial charge in [0.25, 0.3) is 0 Å². The number of benzene rings is 2. The highest BCUT2D eigenvalue weighted by atomic mass is 35.5. The number of nitrogens with two attached hydrogens (primary N) is 1. The minimum Gasteiger partial charge on any atom is -0.497 e. The van der Waals surface area contributed by atoms with Crippen molar-refractivity contribution in [2.75, 3.05) is 20.7 Å². The fourth-order valence-corrected chi connectivity index (χ4v) is 2.54. The van der Waals surface area contributed by atoms with Crippen molar-refractivity contribution >= 4 is 41.6 Å². The minimum absolute atomic E-state index is 0.163. The Labute approximate surface area is 179 Å². The lowest BCUT2D eigenvalue weighted by molar-refractivity contribution is -0.124. The molecule has 0 heterocycles. The van der Waals surface area contributed by atoms with E-state index in [2.05, 4.69) is 10.3 Å². The van der Waals surface area contributed by atoms with Crippen LogP contribution in [0.15, 0.2) is 53.5 Å². The molecule has 0 aliphatic rings. The SMILES string of the molecule is COc1ccc(N=C(NC(=O)N(C=O)CC(N)=O)N(C)Cc2ccc(Cl)cc2)cc1. The molecule has 0 unspecified atom stereocenters. The first-order chi connectivity index (χ1) is 14.3. The Morgan fingerprint density at radius 1 is 1.17 bits per heavy atom. The van der Waals surface area contributed by atoms with Crippen molar-refractivity contribution < 1.29 is 19.1 Å². The number of hydrogen-bond acceptors (Lipinski definition) is 5. The summed E-state index contributed by atoms with van der Waals surface area (Å²) in [6.07, 6.45) is 0.226. The number of carbonyl (C=O) groups is 3. The molecule has 0 aliphatic carbocycles. The van der Waals surface area contributed by atoms with Gasteiger partial charge >= 0.3 is 6.03 Å². The normalized spacial score (nSPS) is 10.8. The van der Waals surface area contributed by atoms with E-state index in [1.54, 1.807) is 55.5 Å². The summed E-state index contributed by atoms with van der Waals surface area (Å²) in [6.45, 7) is -0.157. The lowest BCUT2D eigenvalue weighted by atomic mass is 10.2. The Morgan fingerprint density at radius 3 is 2.33 bits per heavy atom. The first-order valence-electron chi connectivity index (χ1n) is 8.82. The average Bonchev–Trinajstić information content (AvgIpc) is 2.73. The molecular weight excluding hydrogens is 410 g/mol. The van der Waals surface area contributed by atoms with Crippen LogP contribution in [0.1, 0.15) is 5.56 Å². The van der Waals surface area contributed by atoms with Gasteiger partial charge in [-0.25, -0.2) is 9.79 Å². The number of guanidine groups is 1. The van der Waals surface area contributed by atoms with E-state index >= 15 is 0 Å². The van der Waals surface area contributed by atoms with Gasteiger partial charge in [-0.2, -0.15) is 0 Å². The number of nitrogens with one attached hydrogen (secondary N) is 1. The maximum absolute atomic E-state index is 12.4. The number of nitrogens with zero attached hydrogens (tertiary/aromatic N) is 3. The molecule has 2 aromatic carbocycles. The summed E-state index contributed by atoms with van der Waals surface area (Å²) in [7, 11) is 3.27. The van der Waals surface area contributed by atoms with E-state index in [1.165, 1.54) is 0 Å². The van der Waals surface area contributed by atoms with E-state index in [9.17, 15) is 14.4 Å². The van der Waals surface area contributed by atoms with Gasteiger partial charge in [-0.15, -0.1) is 0 Å². The molecule has 0 atom stereocenters. The van der Waals surface area contributed by atoms with Gasteiger partial charge in [-0.1, -0.05) is 23.7 Å². The second kappa shape index (κ2) is 10.8. The van der Waals surface area contributed by atoms with Crippen LogP contribution in [0.3, 0.4) is 0 Å². The molecular formula is C20H22ClN5O4. The number of rotatable bonds is 7. The van der Waals surface area contributed by atoms with Crippen molar-refractivity contribution in [3.8, 4) is 5.75 Å². The van der Waals surface area contributed by atoms with Crippen LogP contribution < -0.4 is 15.8 Å². The number of aliphatic imine (C=N–C) groups is 1. The molecule has 158 valence electrons. The molecule has 0 aliphatic heterocycles. The van der Waals surface area contributed by atoms with Crippen LogP contribution in [0.4, 0.5) is 10.5 Å². The predicted molar refractivity (Wildman–Crippen MR) is 114 cm³/mol. The molecule has 9 nitrogen and oxygen atoms in total. The second-order valence-corrected chi connectivity index (χ2v) is 6.68. The number of carbonyl (C=O) groups excluding carboxylic acids is 3. The number of urea groups is 1. The summed E-state index contributed by atoms with van der Waals surface area (Å²) >= 11 is 5.92. The van der Waals surface area contributed by atoms with Gasteiger partial charge in [0.15, 0.2) is 0 Å². The van der Waals surface area contributed by atoms with Gasteiger partial charge in [-0.3, -0.25) is 19.8 Å². The Balaban J connectivity index is 2.28. The number of hydrogen-bond donors (Lipinski definition) is 2. The summed E-state index contributed by atoms with van der Waals surface area (Å²) in [5.74, 6) is -0.000470. The smallest absolute Gasteiger partial charge is 0.331 e. The van der Waals surface area contributed by atoms with Crippen LogP contribution >= 0.6 is 11.6 Å². The molecule has 2 rings (SSSR count). The van der Waals surface area contributed by atoms with E-state index < -0.39 is 18.5 Å². The van der Waals surface area contributed by atoms with Crippen LogP contribution in [0.5, 0.6) is 5.75 Å². The third-order valence-electron chi connectivity index (χ3n) is 3.94. The molecule has 3 N–H and O–H groups in total. The van der Waals surface area contributed by atoms with E-state index in [-0.39, 0.29) is 12.4 Å². The van der Waals surface area contributed by atoms with Crippen molar-refractivity contribution in [3.05, 3.63) is 59.1 Å². The highest BCUT2D eigenvalue weighted by molar-refractivity contribution is 6.30. The third kappa shape index (κ3) is 6.78. The highest BCUT2D eigenvalue weighted by Crippen LogP contribution is 2.18. The molecule has 4 amide bonds. The summed E-state index contributed by atoms with van der Waals surface area (Å²) < 4.78 is 5.13. The molecule has 0 saturated carbocycles. The van der Waals surface area contributed by atoms with Crippen LogP contribution in [0, 0.1) is 0 Å². The van der Waals surface area contributed by atoms with Gasteiger partial charge in [0.05, 0.1) is 12.8 Å². The van der Waals surface area contributed by atoms with Crippen molar-refractivity contribution in [3.63, 3.8) is 0 Å². The van der Waals surface area contributed by atoms with Gasteiger partial charge in [0.1, 0.15) is 12.3 Å². The van der Waals surface area contributed by atoms with E-state index in [1.807, 2.05) is 12.1 Å². The molecule has 0 saturated heterocycles. The molecule has 0 fully saturated rings. The van der Waals surface area contributed by atoms with Gasteiger partial charge in [-0.05, 0) is 42.0 Å². The van der Waals surface area contributed by atoms with E-state index in [0.717, 1.165) is 5.56 Å². The molecule has 0 aromatic heterocycles. The largest absolute Gasteiger partial charge is 0.497 e. The zero-order chi connectivity index (χ0) is 22.1. The monoisotopic (exact) mass is 431 g/mol. The minimum atomic E-state index is -0.834. The van der Waals surface area contributed by atoms with E-state index in [4.69, 9.17) is 22.1 Å². The van der Waals surface area contributed by atoms with Crippen LogP contribution in [-0.2, 0) is 16.1 Å². The zero-order valence-corrected chi connectivity index (χ0v) is 17.3. The summed E-state index contributed by atoms with van der Waals surface area (Å²) in [6, 6.07) is 13.2. The first kappa shape index (κ1) is 22.7. The quantitative estimate of drug-likeness (QED) is 0.395. The lowest BCUT2D eigenvalue weighted by Gasteiger charge is -2.23. The Bertz CT molecular complexity index is 916. The fraction of sp³-hybridized carbons (Fsp3) is 0.200. The number of imide groups is 1. The van der Waals surface area contributed by atoms with Crippen molar-refractivity contribution in [2.24, 2.45) is 10.7 Å². The second-order valence-electron chi connectivity index (χ2n) is 6.25. The molecule has 2 aromatic rings. The van der Waals surface area contributed by atoms with Gasteiger partial charge < -0.3 is 15.4 Å². The van der Waals surface area contributed by atoms with E-state index in [0.29, 0.717) is 27.9 Å². The van der Waals surface area contributed by atoms with Crippen molar-refractivity contribution in [1.82, 2.24) is 15.1 Å². The zero-order valence-electron chi connectivity index (χ0n) is 16.5. The van der Waals surface area contributed by atoms with Crippen molar-refractivity contribution in [1.29, 1.82) is 0 Å². The van der Waals surface area contributed by atoms with Gasteiger partial charge in [0.2, 0.25) is 18.3 Å². The molecule has 30 heavy (non-hydrogen) atoms. The maximum atomic E-state index is 12.4. The average molecular weight is 432 g/mol. The summed E-state index contributed by atoms with van der Waals surface area (Å²) in [5, 5.41) is 3.15. The molecule has 0 bridgehead atoms. The number of halogens is 1. The topological polar surface area (TPSA) is 117 Å². The fourth-order valence-electron chi connectivity index (χ4n) is 2.42. The standard InChI is InChI=1S/C20H22ClN5O4/c1-25(11-14-3-5-15(21)6-4-14)19(23-16-7-9-17(30-2)10-8-16)24-20(29)26(13-27)12-18(22)28/h3-10,13H,11-12H2,1-2H3,(H2,22,28)(H,23,24,29). The molecule has 0 spiro atoms. The molecule has 10 heteroatoms. The summed E-state index contributed by atoms with van der Waals surface area (Å²) in [5.41, 5.74) is 6.54. The Hall–Kier alpha value is -3.59. The van der Waals surface area contributed by atoms with Gasteiger partial charge in [0, 0.05) is 18.6 Å². The summed E-state index contributed by atoms with van der Waals surface area (Å²) in [4.78, 5) is 41.5. The van der Waals surface area contributed by atoms with Crippen molar-refractivity contribution in [2.45, 2.75) is 6.54 Å². The first-order valence-corrected chi connectivity index (χ1v) is 9.19. The lowest BCUT2D eigenvalue weighted by Crippen LogP contribution is -2.49. The highest BCUT2D eigenvalue weighted by Gasteiger charge is 2.19. The number of amides is 4.